The van der Waals surface area contributed by atoms with Crippen molar-refractivity contribution >= 4 is 40.3 Å². The van der Waals surface area contributed by atoms with E-state index in [0.717, 1.165) is 12.8 Å². The summed E-state index contributed by atoms with van der Waals surface area (Å²) in [5, 5.41) is 17.1. The number of carbonyl (C=O) groups excluding carboxylic acids is 1. The van der Waals surface area contributed by atoms with Crippen molar-refractivity contribution < 1.29 is 19.2 Å². The smallest absolute Gasteiger partial charge is 0.294 e. The number of anilines is 2. The van der Waals surface area contributed by atoms with E-state index in [1.54, 1.807) is 36.4 Å². The van der Waals surface area contributed by atoms with Gasteiger partial charge in [-0.3, -0.25) is 20.2 Å². The molecule has 9 nitrogen and oxygen atoms in total. The van der Waals surface area contributed by atoms with E-state index in [4.69, 9.17) is 21.7 Å². The van der Waals surface area contributed by atoms with Gasteiger partial charge in [-0.1, -0.05) is 13.3 Å². The number of morpholine rings is 1. The minimum absolute atomic E-state index is 0.0373. The number of nitrogens with zero attached hydrogens (tertiary/aromatic N) is 2. The van der Waals surface area contributed by atoms with Crippen molar-refractivity contribution in [3.8, 4) is 5.75 Å². The molecular weight excluding hydrogens is 432 g/mol. The highest BCUT2D eigenvalue weighted by molar-refractivity contribution is 7.80. The molecule has 0 unspecified atom stereocenters. The van der Waals surface area contributed by atoms with Crippen molar-refractivity contribution in [2.45, 2.75) is 19.8 Å². The number of unbranched alkanes of at least 4 members (excludes halogenated alkanes) is 1. The van der Waals surface area contributed by atoms with Gasteiger partial charge in [-0.05, 0) is 55.0 Å². The number of hydrogen-bond donors (Lipinski definition) is 2. The first-order chi connectivity index (χ1) is 15.5. The molecule has 2 aromatic carbocycles. The molecule has 0 saturated carbocycles. The second kappa shape index (κ2) is 11.4. The standard InChI is InChI=1S/C22H26N4O5S/c1-2-3-12-31-18-7-4-16(5-8-18)21(27)24-22(32)23-17-6-9-19(20(15-17)26(28)29)25-10-13-30-14-11-25/h4-9,15H,2-3,10-14H2,1H3,(H2,23,24,27,32). The molecule has 10 heteroatoms. The molecule has 32 heavy (non-hydrogen) atoms. The van der Waals surface area contributed by atoms with Crippen LogP contribution in [-0.4, -0.2) is 48.9 Å². The van der Waals surface area contributed by atoms with Crippen LogP contribution in [0.1, 0.15) is 30.1 Å². The molecule has 0 spiro atoms. The van der Waals surface area contributed by atoms with Crippen LogP contribution in [0.15, 0.2) is 42.5 Å². The lowest BCUT2D eigenvalue weighted by Crippen LogP contribution is -2.36. The van der Waals surface area contributed by atoms with Crippen molar-refractivity contribution in [1.29, 1.82) is 0 Å². The normalized spacial score (nSPS) is 13.3. The predicted octanol–water partition coefficient (Wildman–Crippen LogP) is 3.74. The number of thiocarbonyl (C=S) groups is 1. The van der Waals surface area contributed by atoms with E-state index in [9.17, 15) is 14.9 Å². The Kier molecular flexibility index (Phi) is 8.34. The monoisotopic (exact) mass is 458 g/mol. The van der Waals surface area contributed by atoms with Gasteiger partial charge in [0.15, 0.2) is 5.11 Å². The Hall–Kier alpha value is -3.24. The predicted molar refractivity (Wildman–Crippen MR) is 127 cm³/mol. The minimum Gasteiger partial charge on any atom is -0.494 e. The van der Waals surface area contributed by atoms with Gasteiger partial charge < -0.3 is 19.7 Å². The van der Waals surface area contributed by atoms with Gasteiger partial charge in [0.1, 0.15) is 11.4 Å². The van der Waals surface area contributed by atoms with E-state index >= 15 is 0 Å². The molecule has 0 atom stereocenters. The van der Waals surface area contributed by atoms with Gasteiger partial charge in [0.05, 0.1) is 24.7 Å². The van der Waals surface area contributed by atoms with Gasteiger partial charge in [0.2, 0.25) is 0 Å². The Labute approximate surface area is 191 Å². The van der Waals surface area contributed by atoms with Crippen molar-refractivity contribution in [2.24, 2.45) is 0 Å². The molecule has 0 radical (unpaired) electrons. The number of rotatable bonds is 8. The fourth-order valence-electron chi connectivity index (χ4n) is 3.19. The van der Waals surface area contributed by atoms with Gasteiger partial charge in [-0.15, -0.1) is 0 Å². The molecule has 1 aliphatic heterocycles. The third-order valence-corrected chi connectivity index (χ3v) is 5.10. The maximum atomic E-state index is 12.4. The van der Waals surface area contributed by atoms with Gasteiger partial charge in [0, 0.05) is 30.4 Å². The quantitative estimate of drug-likeness (QED) is 0.267. The minimum atomic E-state index is -0.429. The molecular formula is C22H26N4O5S. The SMILES string of the molecule is CCCCOc1ccc(C(=O)NC(=S)Nc2ccc(N3CCOCC3)c([N+](=O)[O-])c2)cc1. The molecule has 0 bridgehead atoms. The Morgan fingerprint density at radius 1 is 1.22 bits per heavy atom. The van der Waals surface area contributed by atoms with E-state index in [-0.39, 0.29) is 16.7 Å². The van der Waals surface area contributed by atoms with Gasteiger partial charge >= 0.3 is 0 Å². The number of amides is 1. The van der Waals surface area contributed by atoms with E-state index in [1.165, 1.54) is 6.07 Å². The molecule has 0 aromatic heterocycles. The zero-order chi connectivity index (χ0) is 22.9. The molecule has 1 amide bonds. The summed E-state index contributed by atoms with van der Waals surface area (Å²) in [7, 11) is 0. The summed E-state index contributed by atoms with van der Waals surface area (Å²) in [4.78, 5) is 25.5. The second-order valence-electron chi connectivity index (χ2n) is 7.19. The lowest BCUT2D eigenvalue weighted by atomic mass is 10.2. The van der Waals surface area contributed by atoms with Crippen LogP contribution < -0.4 is 20.3 Å². The number of carbonyl (C=O) groups is 1. The van der Waals surface area contributed by atoms with E-state index < -0.39 is 4.92 Å². The summed E-state index contributed by atoms with van der Waals surface area (Å²) < 4.78 is 10.9. The highest BCUT2D eigenvalue weighted by Gasteiger charge is 2.22. The lowest BCUT2D eigenvalue weighted by molar-refractivity contribution is -0.384. The molecule has 170 valence electrons. The van der Waals surface area contributed by atoms with Crippen LogP contribution in [0.4, 0.5) is 17.1 Å². The third-order valence-electron chi connectivity index (χ3n) is 4.89. The topological polar surface area (TPSA) is 106 Å². The first-order valence-corrected chi connectivity index (χ1v) is 10.8. The first kappa shape index (κ1) is 23.4. The number of benzene rings is 2. The Bertz CT molecular complexity index is 961. The summed E-state index contributed by atoms with van der Waals surface area (Å²) in [6.45, 7) is 4.95. The van der Waals surface area contributed by atoms with Crippen LogP contribution >= 0.6 is 12.2 Å². The summed E-state index contributed by atoms with van der Waals surface area (Å²) in [5.74, 6) is 0.311. The molecule has 3 rings (SSSR count). The van der Waals surface area contributed by atoms with Crippen LogP contribution in [-0.2, 0) is 4.74 Å². The molecule has 1 fully saturated rings. The van der Waals surface area contributed by atoms with Crippen LogP contribution in [0.3, 0.4) is 0 Å². The highest BCUT2D eigenvalue weighted by Crippen LogP contribution is 2.31. The number of nitro groups is 1. The molecule has 0 aliphatic carbocycles. The highest BCUT2D eigenvalue weighted by atomic mass is 32.1. The zero-order valence-electron chi connectivity index (χ0n) is 17.8. The lowest BCUT2D eigenvalue weighted by Gasteiger charge is -2.28. The average molecular weight is 459 g/mol. The van der Waals surface area contributed by atoms with Crippen molar-refractivity contribution in [3.63, 3.8) is 0 Å². The van der Waals surface area contributed by atoms with Gasteiger partial charge in [0.25, 0.3) is 11.6 Å². The van der Waals surface area contributed by atoms with E-state index in [2.05, 4.69) is 17.6 Å². The van der Waals surface area contributed by atoms with Crippen LogP contribution in [0.5, 0.6) is 5.75 Å². The van der Waals surface area contributed by atoms with E-state index in [1.807, 2.05) is 4.90 Å². The van der Waals surface area contributed by atoms with Crippen molar-refractivity contribution in [1.82, 2.24) is 5.32 Å². The first-order valence-electron chi connectivity index (χ1n) is 10.4. The molecule has 1 heterocycles. The van der Waals surface area contributed by atoms with Crippen molar-refractivity contribution in [3.05, 3.63) is 58.1 Å². The summed E-state index contributed by atoms with van der Waals surface area (Å²) in [5.41, 5.74) is 1.33. The Balaban J connectivity index is 1.60. The zero-order valence-corrected chi connectivity index (χ0v) is 18.7. The molecule has 2 N–H and O–H groups in total. The average Bonchev–Trinajstić information content (AvgIpc) is 2.80. The number of ether oxygens (including phenoxy) is 2. The second-order valence-corrected chi connectivity index (χ2v) is 7.60. The fourth-order valence-corrected chi connectivity index (χ4v) is 3.40. The molecule has 1 saturated heterocycles. The maximum absolute atomic E-state index is 12.4. The van der Waals surface area contributed by atoms with Gasteiger partial charge in [-0.2, -0.15) is 0 Å². The summed E-state index contributed by atoms with van der Waals surface area (Å²) in [6, 6.07) is 11.5. The fraction of sp³-hybridized carbons (Fsp3) is 0.364. The van der Waals surface area contributed by atoms with Crippen LogP contribution in [0.2, 0.25) is 0 Å². The maximum Gasteiger partial charge on any atom is 0.294 e. The molecule has 2 aromatic rings. The van der Waals surface area contributed by atoms with Crippen LogP contribution in [0, 0.1) is 10.1 Å². The molecule has 1 aliphatic rings. The summed E-state index contributed by atoms with van der Waals surface area (Å²) in [6.07, 6.45) is 2.01. The summed E-state index contributed by atoms with van der Waals surface area (Å²) >= 11 is 5.21. The Morgan fingerprint density at radius 2 is 1.94 bits per heavy atom. The van der Waals surface area contributed by atoms with Crippen LogP contribution in [0.25, 0.3) is 0 Å². The van der Waals surface area contributed by atoms with Gasteiger partial charge in [-0.25, -0.2) is 0 Å². The van der Waals surface area contributed by atoms with E-state index in [0.29, 0.717) is 55.6 Å². The largest absolute Gasteiger partial charge is 0.494 e. The third kappa shape index (κ3) is 6.38. The number of nitro benzene ring substituents is 1. The number of hydrogen-bond acceptors (Lipinski definition) is 7. The van der Waals surface area contributed by atoms with Crippen molar-refractivity contribution in [2.75, 3.05) is 43.1 Å². The number of nitrogens with one attached hydrogen (secondary N) is 2. The Morgan fingerprint density at radius 3 is 2.59 bits per heavy atom.